The number of Topliss-reactive ketones (excluding diaryl/α,β-unsaturated/α-hetero) is 2. The summed E-state index contributed by atoms with van der Waals surface area (Å²) in [5.74, 6) is 3.74. The van der Waals surface area contributed by atoms with Gasteiger partial charge in [-0.1, -0.05) is 11.1 Å². The van der Waals surface area contributed by atoms with E-state index in [9.17, 15) is 9.59 Å². The number of ketones is 2. The van der Waals surface area contributed by atoms with Crippen LogP contribution in [0.4, 0.5) is 0 Å². The standard InChI is InChI=1S/C17H18O2/c1-6-4-16-12-8-3-9-11(10(8)14(16)18)15(19)17(16,13(9)12)5-7(6)2/h8-13H,3-5H2,1-2H3/t8-,9+,10-,11+,12+,13-,16-,17+. The van der Waals surface area contributed by atoms with Gasteiger partial charge in [-0.25, -0.2) is 0 Å². The summed E-state index contributed by atoms with van der Waals surface area (Å²) in [5.41, 5.74) is 2.38. The molecule has 0 radical (unpaired) electrons. The van der Waals surface area contributed by atoms with Gasteiger partial charge in [-0.2, -0.15) is 0 Å². The van der Waals surface area contributed by atoms with Gasteiger partial charge in [-0.05, 0) is 56.8 Å². The van der Waals surface area contributed by atoms with E-state index in [1.165, 1.54) is 17.6 Å². The van der Waals surface area contributed by atoms with Gasteiger partial charge in [0.1, 0.15) is 11.6 Å². The number of carbonyl (C=O) groups excluding carboxylic acids is 2. The van der Waals surface area contributed by atoms with Crippen LogP contribution in [0.15, 0.2) is 11.1 Å². The molecule has 0 saturated heterocycles. The molecule has 0 amide bonds. The monoisotopic (exact) mass is 254 g/mol. The Balaban J connectivity index is 1.73. The van der Waals surface area contributed by atoms with Gasteiger partial charge in [0, 0.05) is 22.7 Å². The molecule has 0 N–H and O–H groups in total. The molecule has 2 spiro atoms. The van der Waals surface area contributed by atoms with Crippen molar-refractivity contribution in [3.63, 3.8) is 0 Å². The first-order valence-electron chi connectivity index (χ1n) is 7.79. The molecule has 0 aromatic carbocycles. The molecule has 98 valence electrons. The quantitative estimate of drug-likeness (QED) is 0.622. The highest BCUT2D eigenvalue weighted by atomic mass is 16.2. The van der Waals surface area contributed by atoms with E-state index in [0.29, 0.717) is 35.2 Å². The highest BCUT2D eigenvalue weighted by molar-refractivity contribution is 6.12. The maximum Gasteiger partial charge on any atom is 0.144 e. The van der Waals surface area contributed by atoms with Crippen molar-refractivity contribution >= 4 is 11.6 Å². The van der Waals surface area contributed by atoms with E-state index < -0.39 is 0 Å². The van der Waals surface area contributed by atoms with E-state index in [4.69, 9.17) is 0 Å². The number of hydrogen-bond acceptors (Lipinski definition) is 2. The van der Waals surface area contributed by atoms with Crippen molar-refractivity contribution in [1.29, 1.82) is 0 Å². The van der Waals surface area contributed by atoms with Crippen molar-refractivity contribution in [2.45, 2.75) is 33.1 Å². The smallest absolute Gasteiger partial charge is 0.144 e. The summed E-state index contributed by atoms with van der Waals surface area (Å²) in [6.45, 7) is 4.37. The highest BCUT2D eigenvalue weighted by Gasteiger charge is 2.95. The summed E-state index contributed by atoms with van der Waals surface area (Å²) < 4.78 is 0. The Labute approximate surface area is 112 Å². The highest BCUT2D eigenvalue weighted by Crippen LogP contribution is 2.92. The normalized spacial score (nSPS) is 66.2. The average Bonchev–Trinajstić information content (AvgIpc) is 2.93. The molecule has 2 heteroatoms. The minimum absolute atomic E-state index is 0.153. The molecule has 0 aromatic heterocycles. The lowest BCUT2D eigenvalue weighted by atomic mass is 9.35. The fourth-order valence-electron chi connectivity index (χ4n) is 8.20. The second kappa shape index (κ2) is 2.27. The molecule has 2 nitrogen and oxygen atoms in total. The number of fused-ring (bicyclic) bond motifs is 1. The third-order valence-corrected chi connectivity index (χ3v) is 8.40. The van der Waals surface area contributed by atoms with Crippen LogP contribution in [0.25, 0.3) is 0 Å². The predicted molar refractivity (Wildman–Crippen MR) is 68.0 cm³/mol. The van der Waals surface area contributed by atoms with Crippen LogP contribution in [-0.4, -0.2) is 11.6 Å². The molecule has 19 heavy (non-hydrogen) atoms. The fourth-order valence-corrected chi connectivity index (χ4v) is 8.20. The van der Waals surface area contributed by atoms with Crippen LogP contribution < -0.4 is 0 Å². The van der Waals surface area contributed by atoms with Crippen molar-refractivity contribution < 1.29 is 9.59 Å². The topological polar surface area (TPSA) is 34.1 Å². The van der Waals surface area contributed by atoms with Gasteiger partial charge < -0.3 is 0 Å². The first-order valence-corrected chi connectivity index (χ1v) is 7.79. The third kappa shape index (κ3) is 0.577. The van der Waals surface area contributed by atoms with Crippen molar-refractivity contribution in [2.24, 2.45) is 46.3 Å². The number of rotatable bonds is 0. The molecule has 6 rings (SSSR count). The lowest BCUT2D eigenvalue weighted by Crippen LogP contribution is -2.69. The van der Waals surface area contributed by atoms with Crippen LogP contribution in [-0.2, 0) is 9.59 Å². The first-order chi connectivity index (χ1) is 9.05. The summed E-state index contributed by atoms with van der Waals surface area (Å²) >= 11 is 0. The molecule has 0 unspecified atom stereocenters. The largest absolute Gasteiger partial charge is 0.299 e. The van der Waals surface area contributed by atoms with E-state index in [1.54, 1.807) is 0 Å². The Morgan fingerprint density at radius 3 is 1.68 bits per heavy atom. The summed E-state index contributed by atoms with van der Waals surface area (Å²) in [4.78, 5) is 26.2. The lowest BCUT2D eigenvalue weighted by molar-refractivity contribution is -0.193. The number of carbonyl (C=O) groups is 2. The maximum absolute atomic E-state index is 13.1. The molecule has 0 aliphatic heterocycles. The molecule has 6 aliphatic rings. The summed E-state index contributed by atoms with van der Waals surface area (Å²) in [6.07, 6.45) is 3.03. The molecule has 8 atom stereocenters. The fraction of sp³-hybridized carbons (Fsp3) is 0.765. The second-order valence-electron chi connectivity index (χ2n) is 8.25. The molecular weight excluding hydrogens is 236 g/mol. The zero-order valence-electron chi connectivity index (χ0n) is 11.4. The van der Waals surface area contributed by atoms with Gasteiger partial charge in [0.2, 0.25) is 0 Å². The van der Waals surface area contributed by atoms with Crippen molar-refractivity contribution in [2.75, 3.05) is 0 Å². The van der Waals surface area contributed by atoms with Crippen molar-refractivity contribution in [3.8, 4) is 0 Å². The molecule has 0 heterocycles. The van der Waals surface area contributed by atoms with E-state index in [-0.39, 0.29) is 22.7 Å². The molecular formula is C17H18O2. The Morgan fingerprint density at radius 1 is 0.842 bits per heavy atom. The van der Waals surface area contributed by atoms with E-state index in [2.05, 4.69) is 13.8 Å². The summed E-state index contributed by atoms with van der Waals surface area (Å²) in [6, 6.07) is 0. The van der Waals surface area contributed by atoms with Crippen molar-refractivity contribution in [3.05, 3.63) is 11.1 Å². The zero-order chi connectivity index (χ0) is 12.9. The predicted octanol–water partition coefficient (Wildman–Crippen LogP) is 2.38. The van der Waals surface area contributed by atoms with Gasteiger partial charge in [0.15, 0.2) is 0 Å². The van der Waals surface area contributed by atoms with E-state index in [1.807, 2.05) is 0 Å². The lowest BCUT2D eigenvalue weighted by Gasteiger charge is -2.65. The van der Waals surface area contributed by atoms with Crippen LogP contribution >= 0.6 is 0 Å². The van der Waals surface area contributed by atoms with Gasteiger partial charge in [-0.15, -0.1) is 0 Å². The van der Waals surface area contributed by atoms with Gasteiger partial charge >= 0.3 is 0 Å². The van der Waals surface area contributed by atoms with E-state index in [0.717, 1.165) is 12.8 Å². The minimum Gasteiger partial charge on any atom is -0.299 e. The minimum atomic E-state index is -0.213. The number of allylic oxidation sites excluding steroid dienone is 2. The van der Waals surface area contributed by atoms with Crippen LogP contribution in [0.1, 0.15) is 33.1 Å². The molecule has 2 bridgehead atoms. The molecule has 5 fully saturated rings. The number of hydrogen-bond donors (Lipinski definition) is 0. The van der Waals surface area contributed by atoms with Crippen LogP contribution in [0.3, 0.4) is 0 Å². The van der Waals surface area contributed by atoms with Gasteiger partial charge in [0.25, 0.3) is 0 Å². The summed E-state index contributed by atoms with van der Waals surface area (Å²) in [7, 11) is 0. The second-order valence-corrected chi connectivity index (χ2v) is 8.25. The Hall–Kier alpha value is -0.920. The molecule has 0 aromatic rings. The van der Waals surface area contributed by atoms with E-state index >= 15 is 0 Å². The Morgan fingerprint density at radius 2 is 1.26 bits per heavy atom. The van der Waals surface area contributed by atoms with Crippen molar-refractivity contribution in [1.82, 2.24) is 0 Å². The van der Waals surface area contributed by atoms with Crippen LogP contribution in [0.5, 0.6) is 0 Å². The maximum atomic E-state index is 13.1. The third-order valence-electron chi connectivity index (χ3n) is 8.40. The summed E-state index contributed by atoms with van der Waals surface area (Å²) in [5, 5.41) is 0. The van der Waals surface area contributed by atoms with Crippen LogP contribution in [0, 0.1) is 46.3 Å². The average molecular weight is 254 g/mol. The molecule has 6 aliphatic carbocycles. The molecule has 5 saturated carbocycles. The SMILES string of the molecule is CC1=C(C)C[C@]23C(=O)[C@H]4[C@@H]5C[C@@H]6[C@H]4C(=O)[C@@]2(C1)[C@@H]6[C@@H]53. The Kier molecular flexibility index (Phi) is 1.18. The van der Waals surface area contributed by atoms with Crippen LogP contribution in [0.2, 0.25) is 0 Å². The first kappa shape index (κ1) is 9.90. The zero-order valence-corrected chi connectivity index (χ0v) is 11.4. The Bertz CT molecular complexity index is 590. The van der Waals surface area contributed by atoms with Gasteiger partial charge in [-0.3, -0.25) is 9.59 Å². The van der Waals surface area contributed by atoms with Gasteiger partial charge in [0.05, 0.1) is 0 Å².